The molecule has 0 bridgehead atoms. The molecule has 1 aromatic carbocycles. The molecule has 112 valence electrons. The summed E-state index contributed by atoms with van der Waals surface area (Å²) in [6, 6.07) is 3.93. The first-order valence-electron chi connectivity index (χ1n) is 6.26. The second-order valence-corrected chi connectivity index (χ2v) is 7.29. The number of nitrogens with zero attached hydrogens (tertiary/aromatic N) is 1. The number of hydrogen-bond acceptors (Lipinski definition) is 3. The quantitative estimate of drug-likeness (QED) is 0.842. The summed E-state index contributed by atoms with van der Waals surface area (Å²) >= 11 is 3.10. The zero-order valence-corrected chi connectivity index (χ0v) is 14.0. The van der Waals surface area contributed by atoms with E-state index in [1.54, 1.807) is 0 Å². The summed E-state index contributed by atoms with van der Waals surface area (Å²) in [5.74, 6) is -1.17. The minimum absolute atomic E-state index is 0.00694. The highest BCUT2D eigenvalue weighted by Crippen LogP contribution is 2.24. The Bertz CT molecular complexity index is 596. The van der Waals surface area contributed by atoms with Gasteiger partial charge in [-0.2, -0.15) is 4.31 Å². The molecule has 1 rings (SSSR count). The highest BCUT2D eigenvalue weighted by Gasteiger charge is 2.27. The van der Waals surface area contributed by atoms with Gasteiger partial charge in [-0.15, -0.1) is 0 Å². The smallest absolute Gasteiger partial charge is 0.336 e. The van der Waals surface area contributed by atoms with Crippen molar-refractivity contribution >= 4 is 31.9 Å². The van der Waals surface area contributed by atoms with E-state index in [1.807, 2.05) is 13.8 Å². The molecule has 0 fully saturated rings. The lowest BCUT2D eigenvalue weighted by Gasteiger charge is -2.25. The Morgan fingerprint density at radius 3 is 2.35 bits per heavy atom. The molecular formula is C13H18BrNO4S. The highest BCUT2D eigenvalue weighted by molar-refractivity contribution is 9.10. The molecule has 0 amide bonds. The molecule has 0 aliphatic rings. The summed E-state index contributed by atoms with van der Waals surface area (Å²) in [6.07, 6.45) is 1.41. The largest absolute Gasteiger partial charge is 0.478 e. The van der Waals surface area contributed by atoms with Crippen LogP contribution in [0.4, 0.5) is 0 Å². The Morgan fingerprint density at radius 1 is 1.35 bits per heavy atom. The molecule has 0 aliphatic heterocycles. The van der Waals surface area contributed by atoms with Crippen molar-refractivity contribution in [3.05, 3.63) is 28.2 Å². The third-order valence-corrected chi connectivity index (χ3v) is 5.90. The van der Waals surface area contributed by atoms with E-state index in [1.165, 1.54) is 29.6 Å². The molecule has 0 heterocycles. The third kappa shape index (κ3) is 3.39. The van der Waals surface area contributed by atoms with Crippen LogP contribution in [0.3, 0.4) is 0 Å². The van der Waals surface area contributed by atoms with Crippen molar-refractivity contribution in [1.82, 2.24) is 4.31 Å². The molecular weight excluding hydrogens is 346 g/mol. The van der Waals surface area contributed by atoms with Crippen LogP contribution in [-0.4, -0.2) is 36.9 Å². The molecule has 0 atom stereocenters. The van der Waals surface area contributed by atoms with E-state index in [0.29, 0.717) is 17.3 Å². The average Bonchev–Trinajstić information content (AvgIpc) is 2.39. The van der Waals surface area contributed by atoms with Crippen LogP contribution in [0.1, 0.15) is 37.0 Å². The first kappa shape index (κ1) is 17.1. The van der Waals surface area contributed by atoms with E-state index in [-0.39, 0.29) is 16.5 Å². The minimum Gasteiger partial charge on any atom is -0.478 e. The van der Waals surface area contributed by atoms with E-state index in [0.717, 1.165) is 0 Å². The standard InChI is InChI=1S/C13H18BrNO4S/c1-4-9(5-2)15(3)20(18,19)10-6-7-12(14)11(8-10)13(16)17/h6-9H,4-5H2,1-3H3,(H,16,17). The lowest BCUT2D eigenvalue weighted by molar-refractivity contribution is 0.0695. The predicted molar refractivity (Wildman–Crippen MR) is 80.4 cm³/mol. The number of carboxylic acid groups (broad SMARTS) is 1. The topological polar surface area (TPSA) is 74.7 Å². The highest BCUT2D eigenvalue weighted by atomic mass is 79.9. The van der Waals surface area contributed by atoms with Crippen LogP contribution in [0.2, 0.25) is 0 Å². The molecule has 1 aromatic rings. The summed E-state index contributed by atoms with van der Waals surface area (Å²) in [4.78, 5) is 11.1. The molecule has 0 radical (unpaired) electrons. The predicted octanol–water partition coefficient (Wildman–Crippen LogP) is 2.96. The van der Waals surface area contributed by atoms with Crippen LogP contribution < -0.4 is 0 Å². The lowest BCUT2D eigenvalue weighted by Crippen LogP contribution is -2.36. The second-order valence-electron chi connectivity index (χ2n) is 4.44. The van der Waals surface area contributed by atoms with Crippen LogP contribution in [0.5, 0.6) is 0 Å². The van der Waals surface area contributed by atoms with Crippen LogP contribution in [0.25, 0.3) is 0 Å². The maximum absolute atomic E-state index is 12.5. The number of rotatable bonds is 6. The molecule has 0 aliphatic carbocycles. The van der Waals surface area contributed by atoms with Gasteiger partial charge in [-0.25, -0.2) is 13.2 Å². The summed E-state index contributed by atoms with van der Waals surface area (Å²) in [6.45, 7) is 3.84. The number of benzene rings is 1. The van der Waals surface area contributed by atoms with E-state index in [2.05, 4.69) is 15.9 Å². The summed E-state index contributed by atoms with van der Waals surface area (Å²) in [5, 5.41) is 9.06. The Balaban J connectivity index is 3.29. The van der Waals surface area contributed by atoms with Crippen molar-refractivity contribution in [2.75, 3.05) is 7.05 Å². The third-order valence-electron chi connectivity index (χ3n) is 3.30. The Labute approximate surface area is 127 Å². The van der Waals surface area contributed by atoms with Gasteiger partial charge in [0.05, 0.1) is 10.5 Å². The van der Waals surface area contributed by atoms with E-state index < -0.39 is 16.0 Å². The van der Waals surface area contributed by atoms with Crippen molar-refractivity contribution in [3.8, 4) is 0 Å². The Hall–Kier alpha value is -0.920. The van der Waals surface area contributed by atoms with Gasteiger partial charge in [0.1, 0.15) is 0 Å². The lowest BCUT2D eigenvalue weighted by atomic mass is 10.2. The van der Waals surface area contributed by atoms with Crippen LogP contribution in [0, 0.1) is 0 Å². The second kappa shape index (κ2) is 6.69. The molecule has 0 spiro atoms. The first-order chi connectivity index (χ1) is 9.25. The summed E-state index contributed by atoms with van der Waals surface area (Å²) in [5.41, 5.74) is -0.0657. The number of aromatic carboxylic acids is 1. The minimum atomic E-state index is -3.69. The average molecular weight is 364 g/mol. The SMILES string of the molecule is CCC(CC)N(C)S(=O)(=O)c1ccc(Br)c(C(=O)O)c1. The molecule has 7 heteroatoms. The van der Waals surface area contributed by atoms with E-state index in [9.17, 15) is 13.2 Å². The van der Waals surface area contributed by atoms with Crippen molar-refractivity contribution in [2.45, 2.75) is 37.6 Å². The maximum atomic E-state index is 12.5. The van der Waals surface area contributed by atoms with Gasteiger partial charge >= 0.3 is 5.97 Å². The number of hydrogen-bond donors (Lipinski definition) is 1. The number of sulfonamides is 1. The maximum Gasteiger partial charge on any atom is 0.336 e. The molecule has 0 unspecified atom stereocenters. The molecule has 1 N–H and O–H groups in total. The Kier molecular flexibility index (Phi) is 5.73. The summed E-state index contributed by atoms with van der Waals surface area (Å²) in [7, 11) is -2.16. The normalized spacial score (nSPS) is 12.1. The van der Waals surface area contributed by atoms with Crippen molar-refractivity contribution < 1.29 is 18.3 Å². The van der Waals surface area contributed by atoms with Crippen molar-refractivity contribution in [1.29, 1.82) is 0 Å². The van der Waals surface area contributed by atoms with E-state index in [4.69, 9.17) is 5.11 Å². The van der Waals surface area contributed by atoms with Gasteiger partial charge in [-0.3, -0.25) is 0 Å². The molecule has 0 saturated heterocycles. The van der Waals surface area contributed by atoms with Crippen LogP contribution in [0.15, 0.2) is 27.6 Å². The molecule has 0 saturated carbocycles. The van der Waals surface area contributed by atoms with Gasteiger partial charge in [0.25, 0.3) is 0 Å². The summed E-state index contributed by atoms with van der Waals surface area (Å²) < 4.78 is 26.7. The fourth-order valence-electron chi connectivity index (χ4n) is 1.99. The first-order valence-corrected chi connectivity index (χ1v) is 8.49. The fraction of sp³-hybridized carbons (Fsp3) is 0.462. The van der Waals surface area contributed by atoms with Crippen LogP contribution in [-0.2, 0) is 10.0 Å². The molecule has 20 heavy (non-hydrogen) atoms. The number of carbonyl (C=O) groups is 1. The van der Waals surface area contributed by atoms with Crippen molar-refractivity contribution in [3.63, 3.8) is 0 Å². The van der Waals surface area contributed by atoms with Gasteiger partial charge < -0.3 is 5.11 Å². The number of carboxylic acids is 1. The zero-order valence-electron chi connectivity index (χ0n) is 11.6. The molecule has 0 aromatic heterocycles. The monoisotopic (exact) mass is 363 g/mol. The van der Waals surface area contributed by atoms with Gasteiger partial charge in [-0.05, 0) is 47.0 Å². The zero-order chi connectivity index (χ0) is 15.5. The van der Waals surface area contributed by atoms with Gasteiger partial charge in [0.2, 0.25) is 10.0 Å². The molecule has 5 nitrogen and oxygen atoms in total. The number of halogens is 1. The Morgan fingerprint density at radius 2 is 1.90 bits per heavy atom. The van der Waals surface area contributed by atoms with Crippen molar-refractivity contribution in [2.24, 2.45) is 0 Å². The van der Waals surface area contributed by atoms with E-state index >= 15 is 0 Å². The van der Waals surface area contributed by atoms with Gasteiger partial charge in [0.15, 0.2) is 0 Å². The van der Waals surface area contributed by atoms with Gasteiger partial charge in [0, 0.05) is 17.6 Å². The fourth-order valence-corrected chi connectivity index (χ4v) is 3.94. The van der Waals surface area contributed by atoms with Crippen LogP contribution >= 0.6 is 15.9 Å². The van der Waals surface area contributed by atoms with Gasteiger partial charge in [-0.1, -0.05) is 13.8 Å².